The van der Waals surface area contributed by atoms with Crippen molar-refractivity contribution in [1.82, 2.24) is 0 Å². The molecule has 0 unspecified atom stereocenters. The fourth-order valence-corrected chi connectivity index (χ4v) is 2.04. The third kappa shape index (κ3) is 1.93. The van der Waals surface area contributed by atoms with Crippen LogP contribution in [0.15, 0.2) is 22.7 Å². The van der Waals surface area contributed by atoms with Gasteiger partial charge < -0.3 is 9.84 Å². The smallest absolute Gasteiger partial charge is 0.123 e. The predicted octanol–water partition coefficient (Wildman–Crippen LogP) is 2.53. The van der Waals surface area contributed by atoms with Gasteiger partial charge in [0.25, 0.3) is 0 Å². The van der Waals surface area contributed by atoms with E-state index in [0.717, 1.165) is 28.6 Å². The van der Waals surface area contributed by atoms with E-state index in [1.54, 1.807) is 7.11 Å². The molecule has 0 spiro atoms. The van der Waals surface area contributed by atoms with Crippen LogP contribution in [0.3, 0.4) is 0 Å². The first kappa shape index (κ1) is 9.99. The van der Waals surface area contributed by atoms with Gasteiger partial charge in [0.05, 0.1) is 12.7 Å². The van der Waals surface area contributed by atoms with Gasteiger partial charge in [0.15, 0.2) is 0 Å². The van der Waals surface area contributed by atoms with Gasteiger partial charge in [-0.05, 0) is 25.0 Å². The van der Waals surface area contributed by atoms with Crippen molar-refractivity contribution in [1.29, 1.82) is 0 Å². The van der Waals surface area contributed by atoms with E-state index in [0.29, 0.717) is 6.42 Å². The second-order valence-electron chi connectivity index (χ2n) is 3.82. The standard InChI is InChI=1S/C11H13BrO2/c1-14-10-4-2-3-9(12)8(10)7-11(13)5-6-11/h2-4,13H,5-7H2,1H3. The van der Waals surface area contributed by atoms with Gasteiger partial charge in [-0.2, -0.15) is 0 Å². The molecule has 1 aliphatic carbocycles. The maximum atomic E-state index is 9.85. The summed E-state index contributed by atoms with van der Waals surface area (Å²) in [5.74, 6) is 0.847. The number of aliphatic hydroxyl groups is 1. The Morgan fingerprint density at radius 3 is 2.79 bits per heavy atom. The molecule has 0 atom stereocenters. The van der Waals surface area contributed by atoms with Crippen molar-refractivity contribution in [3.05, 3.63) is 28.2 Å². The van der Waals surface area contributed by atoms with Crippen molar-refractivity contribution in [2.24, 2.45) is 0 Å². The number of hydrogen-bond acceptors (Lipinski definition) is 2. The number of hydrogen-bond donors (Lipinski definition) is 1. The monoisotopic (exact) mass is 256 g/mol. The molecule has 0 saturated heterocycles. The van der Waals surface area contributed by atoms with Crippen molar-refractivity contribution in [3.63, 3.8) is 0 Å². The Kier molecular flexibility index (Phi) is 2.54. The first-order chi connectivity index (χ1) is 6.64. The van der Waals surface area contributed by atoms with Crippen LogP contribution in [0.5, 0.6) is 5.75 Å². The van der Waals surface area contributed by atoms with Crippen LogP contribution in [0.2, 0.25) is 0 Å². The van der Waals surface area contributed by atoms with Gasteiger partial charge in [-0.15, -0.1) is 0 Å². The summed E-state index contributed by atoms with van der Waals surface area (Å²) in [6.45, 7) is 0. The average Bonchev–Trinajstić information content (AvgIpc) is 2.88. The molecule has 1 N–H and O–H groups in total. The maximum absolute atomic E-state index is 9.85. The summed E-state index contributed by atoms with van der Waals surface area (Å²) < 4.78 is 6.27. The fraction of sp³-hybridized carbons (Fsp3) is 0.455. The van der Waals surface area contributed by atoms with Crippen molar-refractivity contribution in [2.45, 2.75) is 24.9 Å². The third-order valence-corrected chi connectivity index (χ3v) is 3.37. The Morgan fingerprint density at radius 2 is 2.21 bits per heavy atom. The summed E-state index contributed by atoms with van der Waals surface area (Å²) >= 11 is 3.48. The molecule has 0 radical (unpaired) electrons. The number of halogens is 1. The topological polar surface area (TPSA) is 29.5 Å². The molecule has 1 aromatic rings. The molecule has 0 bridgehead atoms. The highest BCUT2D eigenvalue weighted by Crippen LogP contribution is 2.41. The minimum atomic E-state index is -0.475. The van der Waals surface area contributed by atoms with E-state index < -0.39 is 5.60 Å². The van der Waals surface area contributed by atoms with Crippen LogP contribution in [-0.4, -0.2) is 17.8 Å². The van der Waals surface area contributed by atoms with E-state index in [9.17, 15) is 5.11 Å². The summed E-state index contributed by atoms with van der Waals surface area (Å²) in [6, 6.07) is 5.83. The molecule has 1 aromatic carbocycles. The molecular formula is C11H13BrO2. The van der Waals surface area contributed by atoms with Gasteiger partial charge >= 0.3 is 0 Å². The summed E-state index contributed by atoms with van der Waals surface area (Å²) in [4.78, 5) is 0. The fourth-order valence-electron chi connectivity index (χ4n) is 1.55. The summed E-state index contributed by atoms with van der Waals surface area (Å²) in [5.41, 5.74) is 0.590. The largest absolute Gasteiger partial charge is 0.496 e. The predicted molar refractivity (Wildman–Crippen MR) is 58.6 cm³/mol. The number of benzene rings is 1. The van der Waals surface area contributed by atoms with Crippen LogP contribution < -0.4 is 4.74 Å². The Morgan fingerprint density at radius 1 is 1.50 bits per heavy atom. The zero-order valence-corrected chi connectivity index (χ0v) is 9.67. The number of ether oxygens (including phenoxy) is 1. The maximum Gasteiger partial charge on any atom is 0.123 e. The molecule has 0 aliphatic heterocycles. The van der Waals surface area contributed by atoms with Gasteiger partial charge in [0, 0.05) is 16.5 Å². The van der Waals surface area contributed by atoms with Gasteiger partial charge in [-0.3, -0.25) is 0 Å². The molecule has 76 valence electrons. The molecule has 14 heavy (non-hydrogen) atoms. The van der Waals surface area contributed by atoms with Crippen LogP contribution in [0.25, 0.3) is 0 Å². The molecule has 1 saturated carbocycles. The Labute approximate surface area is 92.0 Å². The number of rotatable bonds is 3. The van der Waals surface area contributed by atoms with E-state index in [2.05, 4.69) is 15.9 Å². The lowest BCUT2D eigenvalue weighted by Crippen LogP contribution is -2.12. The Balaban J connectivity index is 2.29. The molecule has 0 amide bonds. The lowest BCUT2D eigenvalue weighted by Gasteiger charge is -2.13. The van der Waals surface area contributed by atoms with Gasteiger partial charge in [-0.1, -0.05) is 22.0 Å². The highest BCUT2D eigenvalue weighted by molar-refractivity contribution is 9.10. The molecule has 3 heteroatoms. The second kappa shape index (κ2) is 3.55. The highest BCUT2D eigenvalue weighted by Gasteiger charge is 2.41. The molecule has 0 heterocycles. The summed E-state index contributed by atoms with van der Waals surface area (Å²) in [6.07, 6.45) is 2.48. The van der Waals surface area contributed by atoms with Gasteiger partial charge in [0.1, 0.15) is 5.75 Å². The van der Waals surface area contributed by atoms with Crippen LogP contribution >= 0.6 is 15.9 Å². The lowest BCUT2D eigenvalue weighted by atomic mass is 10.1. The van der Waals surface area contributed by atoms with Gasteiger partial charge in [-0.25, -0.2) is 0 Å². The van der Waals surface area contributed by atoms with Crippen molar-refractivity contribution in [3.8, 4) is 5.75 Å². The number of methoxy groups -OCH3 is 1. The Bertz CT molecular complexity index is 345. The summed E-state index contributed by atoms with van der Waals surface area (Å²) in [5, 5.41) is 9.85. The molecular weight excluding hydrogens is 244 g/mol. The normalized spacial score (nSPS) is 17.9. The lowest BCUT2D eigenvalue weighted by molar-refractivity contribution is 0.149. The SMILES string of the molecule is COc1cccc(Br)c1CC1(O)CC1. The van der Waals surface area contributed by atoms with Crippen LogP contribution in [0, 0.1) is 0 Å². The quantitative estimate of drug-likeness (QED) is 0.901. The second-order valence-corrected chi connectivity index (χ2v) is 4.68. The zero-order chi connectivity index (χ0) is 10.2. The molecule has 2 nitrogen and oxygen atoms in total. The van der Waals surface area contributed by atoms with Crippen molar-refractivity contribution < 1.29 is 9.84 Å². The minimum Gasteiger partial charge on any atom is -0.496 e. The minimum absolute atomic E-state index is 0.475. The molecule has 1 fully saturated rings. The van der Waals surface area contributed by atoms with Gasteiger partial charge in [0.2, 0.25) is 0 Å². The van der Waals surface area contributed by atoms with E-state index in [1.165, 1.54) is 0 Å². The highest BCUT2D eigenvalue weighted by atomic mass is 79.9. The van der Waals surface area contributed by atoms with Crippen molar-refractivity contribution >= 4 is 15.9 Å². The van der Waals surface area contributed by atoms with Crippen LogP contribution in [0.1, 0.15) is 18.4 Å². The first-order valence-electron chi connectivity index (χ1n) is 4.68. The third-order valence-electron chi connectivity index (χ3n) is 2.63. The Hall–Kier alpha value is -0.540. The van der Waals surface area contributed by atoms with Crippen LogP contribution in [0.4, 0.5) is 0 Å². The average molecular weight is 257 g/mol. The van der Waals surface area contributed by atoms with E-state index in [1.807, 2.05) is 18.2 Å². The van der Waals surface area contributed by atoms with E-state index >= 15 is 0 Å². The van der Waals surface area contributed by atoms with E-state index in [-0.39, 0.29) is 0 Å². The zero-order valence-electron chi connectivity index (χ0n) is 8.09. The van der Waals surface area contributed by atoms with Crippen LogP contribution in [-0.2, 0) is 6.42 Å². The molecule has 1 aliphatic rings. The summed E-state index contributed by atoms with van der Waals surface area (Å²) in [7, 11) is 1.65. The molecule has 0 aromatic heterocycles. The molecule has 2 rings (SSSR count). The first-order valence-corrected chi connectivity index (χ1v) is 5.48. The van der Waals surface area contributed by atoms with E-state index in [4.69, 9.17) is 4.74 Å². The van der Waals surface area contributed by atoms with Crippen molar-refractivity contribution in [2.75, 3.05) is 7.11 Å².